The number of hydrogen-bond donors (Lipinski definition) is 1. The van der Waals surface area contributed by atoms with Gasteiger partial charge in [0.25, 0.3) is 5.91 Å². The first-order valence-corrected chi connectivity index (χ1v) is 10.1. The smallest absolute Gasteiger partial charge is 0.322 e. The topological polar surface area (TPSA) is 102 Å². The molecule has 0 bridgehead atoms. The van der Waals surface area contributed by atoms with Crippen molar-refractivity contribution in [3.05, 3.63) is 58.6 Å². The number of carbonyl (C=O) groups excluding carboxylic acids is 1. The van der Waals surface area contributed by atoms with Gasteiger partial charge in [0.1, 0.15) is 0 Å². The third kappa shape index (κ3) is 4.00. The molecular weight excluding hydrogens is 422 g/mol. The van der Waals surface area contributed by atoms with E-state index in [1.165, 1.54) is 24.3 Å². The van der Waals surface area contributed by atoms with Crippen LogP contribution in [-0.4, -0.2) is 30.3 Å². The van der Waals surface area contributed by atoms with E-state index in [2.05, 4.69) is 31.4 Å². The Hall–Kier alpha value is -2.52. The summed E-state index contributed by atoms with van der Waals surface area (Å²) in [6, 6.07) is 12.9. The Morgan fingerprint density at radius 2 is 1.73 bits per heavy atom. The number of halogens is 1. The van der Waals surface area contributed by atoms with Crippen LogP contribution in [0.5, 0.6) is 0 Å². The molecule has 0 saturated carbocycles. The van der Waals surface area contributed by atoms with Crippen LogP contribution in [0, 0.1) is 0 Å². The van der Waals surface area contributed by atoms with Crippen LogP contribution in [0.1, 0.15) is 17.3 Å². The fourth-order valence-electron chi connectivity index (χ4n) is 2.13. The Kier molecular flexibility index (Phi) is 5.19. The zero-order valence-corrected chi connectivity index (χ0v) is 16.0. The van der Waals surface area contributed by atoms with E-state index in [0.29, 0.717) is 0 Å². The van der Waals surface area contributed by atoms with E-state index in [9.17, 15) is 13.2 Å². The number of anilines is 1. The fourth-order valence-corrected chi connectivity index (χ4v) is 3.28. The predicted molar refractivity (Wildman–Crippen MR) is 99.6 cm³/mol. The number of hydrogen-bond acceptors (Lipinski definition) is 6. The highest BCUT2D eigenvalue weighted by molar-refractivity contribution is 9.10. The van der Waals surface area contributed by atoms with Crippen molar-refractivity contribution in [2.45, 2.75) is 11.8 Å². The normalized spacial score (nSPS) is 11.3. The molecule has 7 nitrogen and oxygen atoms in total. The summed E-state index contributed by atoms with van der Waals surface area (Å²) in [5.41, 5.74) is 0.999. The van der Waals surface area contributed by atoms with Gasteiger partial charge in [0, 0.05) is 15.6 Å². The predicted octanol–water partition coefficient (Wildman–Crippen LogP) is 3.55. The zero-order chi connectivity index (χ0) is 18.7. The van der Waals surface area contributed by atoms with E-state index in [1.54, 1.807) is 19.1 Å². The third-order valence-corrected chi connectivity index (χ3v) is 5.87. The summed E-state index contributed by atoms with van der Waals surface area (Å²) in [5, 5.41) is 10.2. The molecule has 0 unspecified atom stereocenters. The van der Waals surface area contributed by atoms with Crippen LogP contribution in [0.3, 0.4) is 0 Å². The van der Waals surface area contributed by atoms with Crippen LogP contribution in [0.4, 0.5) is 6.01 Å². The molecule has 3 aromatic rings. The highest BCUT2D eigenvalue weighted by Crippen LogP contribution is 2.22. The molecule has 9 heteroatoms. The summed E-state index contributed by atoms with van der Waals surface area (Å²) in [6.45, 7) is 1.56. The molecule has 0 atom stereocenters. The van der Waals surface area contributed by atoms with E-state index in [-0.39, 0.29) is 28.1 Å². The number of sulfone groups is 1. The molecule has 0 radical (unpaired) electrons. The number of rotatable bonds is 5. The molecule has 3 rings (SSSR count). The third-order valence-electron chi connectivity index (χ3n) is 3.59. The van der Waals surface area contributed by atoms with Crippen LogP contribution >= 0.6 is 15.9 Å². The molecule has 0 aliphatic heterocycles. The van der Waals surface area contributed by atoms with E-state index in [0.717, 1.165) is 10.0 Å². The molecule has 1 heterocycles. The summed E-state index contributed by atoms with van der Waals surface area (Å²) in [4.78, 5) is 12.4. The summed E-state index contributed by atoms with van der Waals surface area (Å²) >= 11 is 3.34. The van der Waals surface area contributed by atoms with Crippen LogP contribution in [-0.2, 0) is 9.84 Å². The Bertz CT molecular complexity index is 1030. The number of aromatic nitrogens is 2. The second-order valence-electron chi connectivity index (χ2n) is 5.30. The highest BCUT2D eigenvalue weighted by Gasteiger charge is 2.15. The van der Waals surface area contributed by atoms with Gasteiger partial charge in [-0.25, -0.2) is 8.42 Å². The van der Waals surface area contributed by atoms with Gasteiger partial charge in [-0.15, -0.1) is 5.10 Å². The van der Waals surface area contributed by atoms with Crippen LogP contribution in [0.2, 0.25) is 0 Å². The van der Waals surface area contributed by atoms with Gasteiger partial charge in [-0.2, -0.15) is 0 Å². The average Bonchev–Trinajstić information content (AvgIpc) is 3.11. The van der Waals surface area contributed by atoms with Gasteiger partial charge in [-0.1, -0.05) is 28.0 Å². The van der Waals surface area contributed by atoms with Gasteiger partial charge in [-0.3, -0.25) is 10.1 Å². The molecule has 0 saturated heterocycles. The maximum Gasteiger partial charge on any atom is 0.322 e. The quantitative estimate of drug-likeness (QED) is 0.657. The van der Waals surface area contributed by atoms with Crippen molar-refractivity contribution in [2.24, 2.45) is 0 Å². The van der Waals surface area contributed by atoms with E-state index < -0.39 is 15.7 Å². The van der Waals surface area contributed by atoms with Crippen molar-refractivity contribution in [1.29, 1.82) is 0 Å². The zero-order valence-electron chi connectivity index (χ0n) is 13.6. The lowest BCUT2D eigenvalue weighted by Crippen LogP contribution is -2.12. The summed E-state index contributed by atoms with van der Waals surface area (Å²) in [6.07, 6.45) is 0. The van der Waals surface area contributed by atoms with Gasteiger partial charge in [0.05, 0.1) is 10.6 Å². The van der Waals surface area contributed by atoms with Gasteiger partial charge >= 0.3 is 6.01 Å². The molecule has 0 aliphatic rings. The van der Waals surface area contributed by atoms with Crippen molar-refractivity contribution in [1.82, 2.24) is 10.2 Å². The maximum atomic E-state index is 12.2. The first-order chi connectivity index (χ1) is 12.4. The molecule has 0 spiro atoms. The molecule has 2 aromatic carbocycles. The maximum absolute atomic E-state index is 12.2. The van der Waals surface area contributed by atoms with Crippen LogP contribution in [0.25, 0.3) is 11.5 Å². The minimum Gasteiger partial charge on any atom is -0.403 e. The van der Waals surface area contributed by atoms with E-state index in [4.69, 9.17) is 4.42 Å². The van der Waals surface area contributed by atoms with Crippen molar-refractivity contribution in [3.63, 3.8) is 0 Å². The van der Waals surface area contributed by atoms with Crippen LogP contribution < -0.4 is 5.32 Å². The average molecular weight is 436 g/mol. The second-order valence-corrected chi connectivity index (χ2v) is 8.50. The summed E-state index contributed by atoms with van der Waals surface area (Å²) < 4.78 is 29.9. The van der Waals surface area contributed by atoms with Gasteiger partial charge in [0.15, 0.2) is 9.84 Å². The molecule has 1 aromatic heterocycles. The summed E-state index contributed by atoms with van der Waals surface area (Å²) in [5.74, 6) is -0.201. The van der Waals surface area contributed by atoms with Crippen molar-refractivity contribution >= 4 is 37.7 Å². The van der Waals surface area contributed by atoms with Crippen molar-refractivity contribution in [3.8, 4) is 11.5 Å². The van der Waals surface area contributed by atoms with Gasteiger partial charge < -0.3 is 4.42 Å². The standard InChI is InChI=1S/C17H14BrN3O4S/c1-2-26(23,24)14-9-5-11(6-10-14)15(22)19-17-21-20-16(25-17)12-3-7-13(18)8-4-12/h3-10H,2H2,1H3,(H,19,21,22). The molecule has 1 N–H and O–H groups in total. The van der Waals surface area contributed by atoms with E-state index in [1.807, 2.05) is 12.1 Å². The number of benzene rings is 2. The minimum absolute atomic E-state index is 0.000633. The molecule has 26 heavy (non-hydrogen) atoms. The number of amides is 1. The molecule has 0 aliphatic carbocycles. The Morgan fingerprint density at radius 3 is 2.35 bits per heavy atom. The molecule has 1 amide bonds. The number of nitrogens with one attached hydrogen (secondary N) is 1. The number of nitrogens with zero attached hydrogens (tertiary/aromatic N) is 2. The van der Waals surface area contributed by atoms with Crippen molar-refractivity contribution in [2.75, 3.05) is 11.1 Å². The monoisotopic (exact) mass is 435 g/mol. The lowest BCUT2D eigenvalue weighted by molar-refractivity contribution is 0.102. The molecule has 0 fully saturated rings. The van der Waals surface area contributed by atoms with Gasteiger partial charge in [0.2, 0.25) is 5.89 Å². The number of carbonyl (C=O) groups is 1. The second kappa shape index (κ2) is 7.38. The summed E-state index contributed by atoms with van der Waals surface area (Å²) in [7, 11) is -3.31. The van der Waals surface area contributed by atoms with Crippen molar-refractivity contribution < 1.29 is 17.6 Å². The first-order valence-electron chi connectivity index (χ1n) is 7.62. The SMILES string of the molecule is CCS(=O)(=O)c1ccc(C(=O)Nc2nnc(-c3ccc(Br)cc3)o2)cc1. The van der Waals surface area contributed by atoms with Gasteiger partial charge in [-0.05, 0) is 48.5 Å². The Balaban J connectivity index is 1.73. The Morgan fingerprint density at radius 1 is 1.08 bits per heavy atom. The fraction of sp³-hybridized carbons (Fsp3) is 0.118. The minimum atomic E-state index is -3.31. The largest absolute Gasteiger partial charge is 0.403 e. The lowest BCUT2D eigenvalue weighted by Gasteiger charge is -2.03. The molecule has 134 valence electrons. The Labute approximate surface area is 158 Å². The first kappa shape index (κ1) is 18.3. The van der Waals surface area contributed by atoms with Crippen LogP contribution in [0.15, 0.2) is 62.3 Å². The lowest BCUT2D eigenvalue weighted by atomic mass is 10.2. The molecular formula is C17H14BrN3O4S. The van der Waals surface area contributed by atoms with E-state index >= 15 is 0 Å². The highest BCUT2D eigenvalue weighted by atomic mass is 79.9.